The van der Waals surface area contributed by atoms with E-state index in [4.69, 9.17) is 13.9 Å². The molecule has 0 radical (unpaired) electrons. The van der Waals surface area contributed by atoms with Gasteiger partial charge in [-0.15, -0.1) is 0 Å². The number of rotatable bonds is 4. The normalized spacial score (nSPS) is 11.3. The third kappa shape index (κ3) is 4.92. The van der Waals surface area contributed by atoms with Crippen LogP contribution >= 0.6 is 15.9 Å². The van der Waals surface area contributed by atoms with Gasteiger partial charge in [0.05, 0.1) is 0 Å². The average molecular weight is 446 g/mol. The fourth-order valence-corrected chi connectivity index (χ4v) is 2.86. The van der Waals surface area contributed by atoms with E-state index in [0.29, 0.717) is 11.0 Å². The van der Waals surface area contributed by atoms with Crippen molar-refractivity contribution in [3.63, 3.8) is 0 Å². The molecule has 0 aliphatic carbocycles. The second-order valence-corrected chi connectivity index (χ2v) is 8.05. The van der Waals surface area contributed by atoms with Crippen LogP contribution in [0.1, 0.15) is 36.9 Å². The Hall–Kier alpha value is -2.80. The van der Waals surface area contributed by atoms with E-state index in [1.54, 1.807) is 39.0 Å². The number of esters is 1. The van der Waals surface area contributed by atoms with Crippen molar-refractivity contribution in [3.8, 4) is 0 Å². The van der Waals surface area contributed by atoms with Crippen molar-refractivity contribution < 1.29 is 23.5 Å². The van der Waals surface area contributed by atoms with Crippen LogP contribution < -0.4 is 5.32 Å². The Balaban J connectivity index is 1.86. The number of nitrogens with one attached hydrogen (secondary N) is 1. The third-order valence-corrected chi connectivity index (χ3v) is 4.17. The highest BCUT2D eigenvalue weighted by molar-refractivity contribution is 9.10. The molecule has 3 rings (SSSR count). The van der Waals surface area contributed by atoms with E-state index in [2.05, 4.69) is 21.2 Å². The topological polar surface area (TPSA) is 77.8 Å². The number of anilines is 1. The molecule has 2 aromatic carbocycles. The first-order chi connectivity index (χ1) is 13.2. The average Bonchev–Trinajstić information content (AvgIpc) is 2.97. The van der Waals surface area contributed by atoms with Crippen LogP contribution in [0.4, 0.5) is 10.5 Å². The molecule has 0 aliphatic heterocycles. The van der Waals surface area contributed by atoms with E-state index in [1.807, 2.05) is 30.3 Å². The van der Waals surface area contributed by atoms with Gasteiger partial charge in [0.15, 0.2) is 0 Å². The summed E-state index contributed by atoms with van der Waals surface area (Å²) < 4.78 is 17.1. The smallest absolute Gasteiger partial charge is 0.412 e. The minimum absolute atomic E-state index is 0.0836. The fraction of sp³-hybridized carbons (Fsp3) is 0.238. The molecule has 1 aromatic heterocycles. The van der Waals surface area contributed by atoms with Crippen molar-refractivity contribution in [2.75, 3.05) is 5.32 Å². The van der Waals surface area contributed by atoms with E-state index in [9.17, 15) is 9.59 Å². The van der Waals surface area contributed by atoms with E-state index in [1.165, 1.54) is 0 Å². The number of benzene rings is 2. The Morgan fingerprint density at radius 1 is 1.11 bits per heavy atom. The molecule has 0 saturated carbocycles. The van der Waals surface area contributed by atoms with Crippen LogP contribution in [0.2, 0.25) is 0 Å². The van der Waals surface area contributed by atoms with Crippen molar-refractivity contribution in [1.29, 1.82) is 0 Å². The number of carbonyl (C=O) groups is 2. The second-order valence-electron chi connectivity index (χ2n) is 7.14. The van der Waals surface area contributed by atoms with Gasteiger partial charge in [-0.05, 0) is 44.5 Å². The summed E-state index contributed by atoms with van der Waals surface area (Å²) in [7, 11) is 0. The molecule has 146 valence electrons. The Bertz CT molecular complexity index is 1000. The van der Waals surface area contributed by atoms with Crippen LogP contribution in [0, 0.1) is 0 Å². The summed E-state index contributed by atoms with van der Waals surface area (Å²) in [6.45, 7) is 5.37. The van der Waals surface area contributed by atoms with Gasteiger partial charge in [-0.2, -0.15) is 0 Å². The molecule has 1 heterocycles. The molecule has 7 heteroatoms. The van der Waals surface area contributed by atoms with Gasteiger partial charge in [0.25, 0.3) is 0 Å². The lowest BCUT2D eigenvalue weighted by atomic mass is 10.2. The zero-order chi connectivity index (χ0) is 20.3. The Kier molecular flexibility index (Phi) is 5.74. The van der Waals surface area contributed by atoms with Gasteiger partial charge in [0.1, 0.15) is 23.5 Å². The quantitative estimate of drug-likeness (QED) is 0.505. The Labute approximate surface area is 170 Å². The van der Waals surface area contributed by atoms with Crippen molar-refractivity contribution in [2.45, 2.75) is 33.0 Å². The van der Waals surface area contributed by atoms with Gasteiger partial charge in [0.2, 0.25) is 5.76 Å². The van der Waals surface area contributed by atoms with E-state index >= 15 is 0 Å². The summed E-state index contributed by atoms with van der Waals surface area (Å²) in [5, 5.41) is 3.19. The third-order valence-electron chi connectivity index (χ3n) is 3.68. The van der Waals surface area contributed by atoms with Crippen molar-refractivity contribution in [2.24, 2.45) is 0 Å². The maximum Gasteiger partial charge on any atom is 0.412 e. The van der Waals surface area contributed by atoms with Crippen LogP contribution in [0.25, 0.3) is 11.0 Å². The minimum Gasteiger partial charge on any atom is -0.454 e. The molecule has 0 bridgehead atoms. The minimum atomic E-state index is -0.707. The molecule has 0 spiro atoms. The number of amides is 1. The molecule has 0 saturated heterocycles. The maximum absolute atomic E-state index is 12.6. The molecule has 6 nitrogen and oxygen atoms in total. The lowest BCUT2D eigenvalue weighted by Crippen LogP contribution is -2.24. The highest BCUT2D eigenvalue weighted by Gasteiger charge is 2.27. The lowest BCUT2D eigenvalue weighted by molar-refractivity contribution is 0.00397. The first-order valence-corrected chi connectivity index (χ1v) is 9.45. The summed E-state index contributed by atoms with van der Waals surface area (Å²) in [6, 6.07) is 14.5. The predicted octanol–water partition coefficient (Wildman–Crippen LogP) is 5.90. The van der Waals surface area contributed by atoms with Crippen molar-refractivity contribution in [1.82, 2.24) is 0 Å². The van der Waals surface area contributed by atoms with E-state index in [0.717, 1.165) is 10.0 Å². The van der Waals surface area contributed by atoms with Gasteiger partial charge >= 0.3 is 12.1 Å². The SMILES string of the molecule is CC(C)(C)OC(=O)c1oc2cc(Br)ccc2c1NC(=O)OCc1ccccc1. The number of hydrogen-bond acceptors (Lipinski definition) is 5. The number of carbonyl (C=O) groups excluding carboxylic acids is 2. The van der Waals surface area contributed by atoms with E-state index < -0.39 is 17.7 Å². The number of furan rings is 1. The van der Waals surface area contributed by atoms with Crippen LogP contribution in [0.3, 0.4) is 0 Å². The first-order valence-electron chi connectivity index (χ1n) is 8.66. The molecule has 0 unspecified atom stereocenters. The van der Waals surface area contributed by atoms with Gasteiger partial charge in [0, 0.05) is 9.86 Å². The zero-order valence-corrected chi connectivity index (χ0v) is 17.3. The van der Waals surface area contributed by atoms with Crippen LogP contribution in [-0.4, -0.2) is 17.7 Å². The molecule has 1 amide bonds. The van der Waals surface area contributed by atoms with Crippen molar-refractivity contribution in [3.05, 3.63) is 64.3 Å². The number of halogens is 1. The zero-order valence-electron chi connectivity index (χ0n) is 15.7. The van der Waals surface area contributed by atoms with E-state index in [-0.39, 0.29) is 18.1 Å². The van der Waals surface area contributed by atoms with Crippen molar-refractivity contribution >= 4 is 44.6 Å². The summed E-state index contributed by atoms with van der Waals surface area (Å²) in [5.41, 5.74) is 0.802. The first kappa shape index (κ1) is 19.9. The molecule has 3 aromatic rings. The monoisotopic (exact) mass is 445 g/mol. The Morgan fingerprint density at radius 2 is 1.82 bits per heavy atom. The Morgan fingerprint density at radius 3 is 2.50 bits per heavy atom. The van der Waals surface area contributed by atoms with Crippen LogP contribution in [-0.2, 0) is 16.1 Å². The summed E-state index contributed by atoms with van der Waals surface area (Å²) in [6.07, 6.45) is -0.695. The van der Waals surface area contributed by atoms with Gasteiger partial charge in [-0.1, -0.05) is 46.3 Å². The summed E-state index contributed by atoms with van der Waals surface area (Å²) in [4.78, 5) is 24.9. The number of fused-ring (bicyclic) bond motifs is 1. The van der Waals surface area contributed by atoms with Crippen LogP contribution in [0.15, 0.2) is 57.4 Å². The van der Waals surface area contributed by atoms with Gasteiger partial charge in [-0.3, -0.25) is 5.32 Å². The maximum atomic E-state index is 12.6. The molecule has 1 N–H and O–H groups in total. The molecule has 0 aliphatic rings. The van der Waals surface area contributed by atoms with Crippen LogP contribution in [0.5, 0.6) is 0 Å². The predicted molar refractivity (Wildman–Crippen MR) is 109 cm³/mol. The van der Waals surface area contributed by atoms with Gasteiger partial charge < -0.3 is 13.9 Å². The molecule has 0 fully saturated rings. The summed E-state index contributed by atoms with van der Waals surface area (Å²) in [5.74, 6) is -0.752. The summed E-state index contributed by atoms with van der Waals surface area (Å²) >= 11 is 3.37. The standard InChI is InChI=1S/C21H20BrNO5/c1-21(2,3)28-19(24)18-17(15-10-9-14(22)11-16(15)27-18)23-20(25)26-12-13-7-5-4-6-8-13/h4-11H,12H2,1-3H3,(H,23,25). The molecular weight excluding hydrogens is 426 g/mol. The highest BCUT2D eigenvalue weighted by Crippen LogP contribution is 2.34. The molecular formula is C21H20BrNO5. The second kappa shape index (κ2) is 8.06. The van der Waals surface area contributed by atoms with Gasteiger partial charge in [-0.25, -0.2) is 9.59 Å². The highest BCUT2D eigenvalue weighted by atomic mass is 79.9. The lowest BCUT2D eigenvalue weighted by Gasteiger charge is -2.18. The fourth-order valence-electron chi connectivity index (χ4n) is 2.52. The molecule has 0 atom stereocenters. The number of ether oxygens (including phenoxy) is 2. The number of hydrogen-bond donors (Lipinski definition) is 1. The molecule has 28 heavy (non-hydrogen) atoms. The largest absolute Gasteiger partial charge is 0.454 e.